The second-order valence-electron chi connectivity index (χ2n) is 8.15. The second kappa shape index (κ2) is 8.54. The normalized spacial score (nSPS) is 16.8. The van der Waals surface area contributed by atoms with Crippen molar-refractivity contribution in [2.45, 2.75) is 25.7 Å². The van der Waals surface area contributed by atoms with Crippen LogP contribution in [0.4, 0.5) is 0 Å². The molecule has 2 atom stereocenters. The van der Waals surface area contributed by atoms with Crippen LogP contribution in [0, 0.1) is 0 Å². The van der Waals surface area contributed by atoms with Crippen LogP contribution in [-0.2, 0) is 0 Å². The highest BCUT2D eigenvalue weighted by molar-refractivity contribution is 6.32. The van der Waals surface area contributed by atoms with Gasteiger partial charge in [-0.25, -0.2) is 0 Å². The minimum absolute atomic E-state index is 0.435. The number of halogens is 1. The van der Waals surface area contributed by atoms with Crippen molar-refractivity contribution >= 4 is 39.0 Å². The van der Waals surface area contributed by atoms with Gasteiger partial charge in [-0.1, -0.05) is 23.7 Å². The highest BCUT2D eigenvalue weighted by atomic mass is 35.5. The Hall–Kier alpha value is -2.93. The van der Waals surface area contributed by atoms with E-state index in [0.29, 0.717) is 17.3 Å². The molecule has 7 heteroatoms. The molecule has 32 heavy (non-hydrogen) atoms. The molecular formula is C25H26ClN3O3. The molecule has 0 saturated heterocycles. The number of ether oxygens (including phenoxy) is 2. The fraction of sp³-hybridized carbons (Fsp3) is 0.280. The molecule has 0 bridgehead atoms. The van der Waals surface area contributed by atoms with Crippen molar-refractivity contribution < 1.29 is 14.6 Å². The molecule has 0 saturated carbocycles. The number of hydrogen-bond acceptors (Lipinski definition) is 4. The van der Waals surface area contributed by atoms with Crippen molar-refractivity contribution in [1.29, 1.82) is 0 Å². The molecule has 0 amide bonds. The van der Waals surface area contributed by atoms with E-state index in [1.165, 1.54) is 5.57 Å². The third-order valence-corrected chi connectivity index (χ3v) is 6.41. The number of nitrogens with zero attached hydrogens (tertiary/aromatic N) is 1. The summed E-state index contributed by atoms with van der Waals surface area (Å²) in [4.78, 5) is 8.69. The molecule has 2 aromatic carbocycles. The lowest BCUT2D eigenvalue weighted by atomic mass is 9.98. The van der Waals surface area contributed by atoms with Crippen LogP contribution in [0.25, 0.3) is 27.4 Å². The predicted molar refractivity (Wildman–Crippen MR) is 128 cm³/mol. The fourth-order valence-electron chi connectivity index (χ4n) is 4.47. The van der Waals surface area contributed by atoms with Gasteiger partial charge in [-0.2, -0.15) is 0 Å². The monoisotopic (exact) mass is 451 g/mol. The third kappa shape index (κ3) is 3.75. The number of hydrogen-bond donors (Lipinski definition) is 3. The zero-order valence-electron chi connectivity index (χ0n) is 18.1. The number of aromatic nitrogens is 2. The van der Waals surface area contributed by atoms with Gasteiger partial charge in [-0.15, -0.1) is 0 Å². The molecule has 4 aromatic rings. The highest BCUT2D eigenvalue weighted by Crippen LogP contribution is 2.36. The SMILES string of the molecule is COc1cc2c(C3=CCN(C(Oc4cccc5[nH]ccc45)C(C)O)CC3)c[nH]c2cc1Cl. The average Bonchev–Trinajstić information content (AvgIpc) is 3.44. The van der Waals surface area contributed by atoms with Gasteiger partial charge in [0.2, 0.25) is 0 Å². The molecule has 2 unspecified atom stereocenters. The molecule has 0 aliphatic carbocycles. The van der Waals surface area contributed by atoms with Crippen molar-refractivity contribution in [2.75, 3.05) is 20.2 Å². The Bertz CT molecular complexity index is 1290. The number of rotatable bonds is 6. The number of fused-ring (bicyclic) bond motifs is 2. The summed E-state index contributed by atoms with van der Waals surface area (Å²) < 4.78 is 11.7. The molecule has 0 spiro atoms. The van der Waals surface area contributed by atoms with Gasteiger partial charge in [0.25, 0.3) is 0 Å². The number of aromatic amines is 2. The van der Waals surface area contributed by atoms with Gasteiger partial charge in [0.05, 0.1) is 12.1 Å². The smallest absolute Gasteiger partial charge is 0.178 e. The molecule has 5 rings (SSSR count). The zero-order valence-corrected chi connectivity index (χ0v) is 18.8. The van der Waals surface area contributed by atoms with Crippen molar-refractivity contribution in [3.8, 4) is 11.5 Å². The van der Waals surface area contributed by atoms with Crippen LogP contribution in [0.1, 0.15) is 18.9 Å². The highest BCUT2D eigenvalue weighted by Gasteiger charge is 2.28. The van der Waals surface area contributed by atoms with Crippen molar-refractivity contribution in [1.82, 2.24) is 14.9 Å². The first-order chi connectivity index (χ1) is 15.5. The summed E-state index contributed by atoms with van der Waals surface area (Å²) >= 11 is 6.27. The molecule has 6 nitrogen and oxygen atoms in total. The molecule has 0 radical (unpaired) electrons. The average molecular weight is 452 g/mol. The lowest BCUT2D eigenvalue weighted by Crippen LogP contribution is -2.48. The van der Waals surface area contributed by atoms with Crippen molar-refractivity contribution in [3.63, 3.8) is 0 Å². The van der Waals surface area contributed by atoms with Gasteiger partial charge in [-0.3, -0.25) is 4.90 Å². The maximum atomic E-state index is 10.5. The van der Waals surface area contributed by atoms with Gasteiger partial charge >= 0.3 is 0 Å². The van der Waals surface area contributed by atoms with E-state index in [9.17, 15) is 5.11 Å². The Balaban J connectivity index is 1.39. The number of nitrogens with one attached hydrogen (secondary N) is 2. The van der Waals surface area contributed by atoms with Crippen LogP contribution in [0.15, 0.2) is 54.9 Å². The number of H-pyrrole nitrogens is 2. The molecular weight excluding hydrogens is 426 g/mol. The van der Waals surface area contributed by atoms with E-state index < -0.39 is 12.3 Å². The number of methoxy groups -OCH3 is 1. The van der Waals surface area contributed by atoms with Crippen molar-refractivity contribution in [3.05, 3.63) is 65.5 Å². The third-order valence-electron chi connectivity index (χ3n) is 6.12. The molecule has 3 N–H and O–H groups in total. The number of aliphatic hydroxyl groups is 1. The van der Waals surface area contributed by atoms with Gasteiger partial charge in [-0.05, 0) is 49.2 Å². The van der Waals surface area contributed by atoms with E-state index in [0.717, 1.165) is 46.1 Å². The molecule has 166 valence electrons. The van der Waals surface area contributed by atoms with Crippen LogP contribution < -0.4 is 9.47 Å². The van der Waals surface area contributed by atoms with Gasteiger partial charge in [0, 0.05) is 52.9 Å². The van der Waals surface area contributed by atoms with Crippen LogP contribution in [-0.4, -0.2) is 52.5 Å². The topological polar surface area (TPSA) is 73.5 Å². The minimum atomic E-state index is -0.640. The Morgan fingerprint density at radius 3 is 2.72 bits per heavy atom. The second-order valence-corrected chi connectivity index (χ2v) is 8.56. The van der Waals surface area contributed by atoms with Crippen molar-refractivity contribution in [2.24, 2.45) is 0 Å². The molecule has 3 heterocycles. The van der Waals surface area contributed by atoms with Crippen LogP contribution in [0.2, 0.25) is 5.02 Å². The maximum absolute atomic E-state index is 10.5. The number of aliphatic hydroxyl groups excluding tert-OH is 1. The first-order valence-electron chi connectivity index (χ1n) is 10.7. The Kier molecular flexibility index (Phi) is 5.59. The van der Waals surface area contributed by atoms with E-state index in [-0.39, 0.29) is 0 Å². The summed E-state index contributed by atoms with van der Waals surface area (Å²) in [5, 5.41) is 13.2. The van der Waals surface area contributed by atoms with E-state index in [4.69, 9.17) is 21.1 Å². The molecule has 1 aliphatic rings. The first kappa shape index (κ1) is 20.9. The maximum Gasteiger partial charge on any atom is 0.178 e. The summed E-state index contributed by atoms with van der Waals surface area (Å²) in [6, 6.07) is 11.8. The Labute approximate surface area is 191 Å². The molecule has 2 aromatic heterocycles. The minimum Gasteiger partial charge on any atom is -0.495 e. The lowest BCUT2D eigenvalue weighted by molar-refractivity contribution is -0.0528. The van der Waals surface area contributed by atoms with E-state index in [2.05, 4.69) is 20.9 Å². The Morgan fingerprint density at radius 2 is 1.97 bits per heavy atom. The summed E-state index contributed by atoms with van der Waals surface area (Å²) in [6.07, 6.45) is 5.90. The fourth-order valence-corrected chi connectivity index (χ4v) is 4.71. The standard InChI is InChI=1S/C25H26ClN3O3/c1-15(30)25(32-23-5-3-4-21-17(23)6-9-27-21)29-10-7-16(8-11-29)19-14-28-22-13-20(26)24(31-2)12-18(19)22/h3-7,9,12-15,25,27-28,30H,8,10-11H2,1-2H3. The van der Waals surface area contributed by atoms with E-state index >= 15 is 0 Å². The first-order valence-corrected chi connectivity index (χ1v) is 11.1. The van der Waals surface area contributed by atoms with Gasteiger partial charge in [0.15, 0.2) is 6.23 Å². The summed E-state index contributed by atoms with van der Waals surface area (Å²) in [6.45, 7) is 3.24. The van der Waals surface area contributed by atoms with Gasteiger partial charge in [0.1, 0.15) is 17.6 Å². The predicted octanol–water partition coefficient (Wildman–Crippen LogP) is 5.19. The quantitative estimate of drug-likeness (QED) is 0.377. The van der Waals surface area contributed by atoms with Gasteiger partial charge < -0.3 is 24.5 Å². The zero-order chi connectivity index (χ0) is 22.2. The summed E-state index contributed by atoms with van der Waals surface area (Å²) in [7, 11) is 1.63. The largest absolute Gasteiger partial charge is 0.495 e. The van der Waals surface area contributed by atoms with E-state index in [1.807, 2.05) is 48.8 Å². The van der Waals surface area contributed by atoms with Crippen LogP contribution in [0.3, 0.4) is 0 Å². The summed E-state index contributed by atoms with van der Waals surface area (Å²) in [5.74, 6) is 1.43. The van der Waals surface area contributed by atoms with Crippen LogP contribution in [0.5, 0.6) is 11.5 Å². The molecule has 0 fully saturated rings. The lowest BCUT2D eigenvalue weighted by Gasteiger charge is -2.35. The molecule has 1 aliphatic heterocycles. The number of benzene rings is 2. The van der Waals surface area contributed by atoms with E-state index in [1.54, 1.807) is 14.0 Å². The van der Waals surface area contributed by atoms with Crippen LogP contribution >= 0.6 is 11.6 Å². The Morgan fingerprint density at radius 1 is 1.09 bits per heavy atom. The summed E-state index contributed by atoms with van der Waals surface area (Å²) in [5.41, 5.74) is 4.41.